The summed E-state index contributed by atoms with van der Waals surface area (Å²) in [7, 11) is 0.944. The van der Waals surface area contributed by atoms with E-state index in [0.29, 0.717) is 0 Å². The normalized spacial score (nSPS) is 8.12. The molecule has 8 heteroatoms. The second kappa shape index (κ2) is 9.58. The van der Waals surface area contributed by atoms with Gasteiger partial charge >= 0.3 is 64.1 Å². The van der Waals surface area contributed by atoms with Crippen molar-refractivity contribution in [1.29, 1.82) is 0 Å². The van der Waals surface area contributed by atoms with Crippen LogP contribution < -0.4 is 0 Å². The summed E-state index contributed by atoms with van der Waals surface area (Å²) in [6.07, 6.45) is 0. The first kappa shape index (κ1) is 16.9. The summed E-state index contributed by atoms with van der Waals surface area (Å²) in [6.45, 7) is 0. The molecule has 0 aromatic heterocycles. The standard InChI is InChI=1S/ClH.2Na.H2O3S2.H/c;;;1-5(2,3)4;/h1H;;;(H2,1,2,3,4);/q;;+1;;/p-1. The van der Waals surface area contributed by atoms with Gasteiger partial charge in [-0.2, -0.15) is 4.21 Å². The zero-order valence-electron chi connectivity index (χ0n) is 3.50. The Hall–Kier alpha value is 2.58. The molecule has 0 atom stereocenters. The van der Waals surface area contributed by atoms with Gasteiger partial charge in [-0.1, -0.05) is 0 Å². The quantitative estimate of drug-likeness (QED) is 0.505. The van der Waals surface area contributed by atoms with Gasteiger partial charge in [0.15, 0.2) is 0 Å². The van der Waals surface area contributed by atoms with E-state index >= 15 is 0 Å². The fourth-order valence-electron chi connectivity index (χ4n) is 0. The molecule has 0 saturated carbocycles. The molecule has 0 bridgehead atoms. The monoisotopic (exact) mass is 196 g/mol. The van der Waals surface area contributed by atoms with Gasteiger partial charge in [-0.3, -0.25) is 9.11 Å². The first-order chi connectivity index (χ1) is 3.00. The molecule has 3 nitrogen and oxygen atoms in total. The van der Waals surface area contributed by atoms with E-state index in [0.717, 1.165) is 26.6 Å². The van der Waals surface area contributed by atoms with E-state index < -0.39 is 9.05 Å². The van der Waals surface area contributed by atoms with E-state index in [1.165, 1.54) is 0 Å². The predicted molar refractivity (Wildman–Crippen MR) is 39.5 cm³/mol. The van der Waals surface area contributed by atoms with Crippen LogP contribution in [0.15, 0.2) is 0 Å². The van der Waals surface area contributed by atoms with Gasteiger partial charge in [0, 0.05) is 11.2 Å². The van der Waals surface area contributed by atoms with Crippen LogP contribution in [0.5, 0.6) is 0 Å². The fraction of sp³-hybridized carbons (Fsp3) is 0. The Kier molecular flexibility index (Phi) is 20.2. The summed E-state index contributed by atoms with van der Waals surface area (Å²) in [5, 5.41) is 0. The zero-order chi connectivity index (χ0) is 6.50. The maximum absolute atomic E-state index is 9.11. The van der Waals surface area contributed by atoms with Crippen LogP contribution in [0.3, 0.4) is 0 Å². The molecule has 0 aliphatic carbocycles. The van der Waals surface area contributed by atoms with Crippen LogP contribution in [-0.2, 0) is 20.2 Å². The topological polar surface area (TPSA) is 57.5 Å². The summed E-state index contributed by atoms with van der Waals surface area (Å²) < 4.78 is 24.0. The van der Waals surface area contributed by atoms with Crippen molar-refractivity contribution in [3.05, 3.63) is 0 Å². The minimum atomic E-state index is -3.83. The predicted octanol–water partition coefficient (Wildman–Crippen LogP) is -0.661. The van der Waals surface area contributed by atoms with E-state index in [1.54, 1.807) is 0 Å². The van der Waals surface area contributed by atoms with Crippen molar-refractivity contribution >= 4 is 84.3 Å². The van der Waals surface area contributed by atoms with E-state index in [-0.39, 0.29) is 29.6 Å². The molecule has 0 fully saturated rings. The molecule has 8 heavy (non-hydrogen) atoms. The van der Waals surface area contributed by atoms with Crippen molar-refractivity contribution in [3.63, 3.8) is 0 Å². The summed E-state index contributed by atoms with van der Waals surface area (Å²) in [5.74, 6) is 0. The third kappa shape index (κ3) is 74.1. The molecule has 2 N–H and O–H groups in total. The van der Waals surface area contributed by atoms with Crippen LogP contribution in [0.2, 0.25) is 0 Å². The Morgan fingerprint density at radius 3 is 1.50 bits per heavy atom. The van der Waals surface area contributed by atoms with E-state index in [1.807, 2.05) is 0 Å². The van der Waals surface area contributed by atoms with Crippen molar-refractivity contribution in [3.8, 4) is 0 Å². The number of rotatable bonds is 0. The van der Waals surface area contributed by atoms with Gasteiger partial charge in [-0.25, -0.2) is 0 Å². The second-order valence-corrected chi connectivity index (χ2v) is 2.65. The van der Waals surface area contributed by atoms with Gasteiger partial charge in [-0.05, 0) is 0 Å². The van der Waals surface area contributed by atoms with Crippen LogP contribution in [0.1, 0.15) is 0 Å². The number of hydrogen-bond donors (Lipinski definition) is 2. The van der Waals surface area contributed by atoms with Gasteiger partial charge in [0.05, 0.1) is 0 Å². The van der Waals surface area contributed by atoms with Crippen LogP contribution in [0.25, 0.3) is 0 Å². The van der Waals surface area contributed by atoms with Gasteiger partial charge in [0.25, 0.3) is 9.05 Å². The molecule has 0 aromatic rings. The minimum absolute atomic E-state index is 0. The fourth-order valence-corrected chi connectivity index (χ4v) is 0. The van der Waals surface area contributed by atoms with Crippen molar-refractivity contribution in [1.82, 2.24) is 0 Å². The molecule has 0 radical (unpaired) electrons. The van der Waals surface area contributed by atoms with Crippen molar-refractivity contribution in [2.45, 2.75) is 0 Å². The molecule has 0 heterocycles. The number of halogens is 1. The number of hydrogen-bond acceptors (Lipinski definition) is 2. The molecule has 42 valence electrons. The van der Waals surface area contributed by atoms with Crippen molar-refractivity contribution < 1.29 is 13.3 Å². The summed E-state index contributed by atoms with van der Waals surface area (Å²) >= 11 is 4.24. The van der Waals surface area contributed by atoms with E-state index in [2.05, 4.69) is 11.2 Å². The van der Waals surface area contributed by atoms with Gasteiger partial charge in [-0.15, -0.1) is 0 Å². The Bertz CT molecular complexity index is 98.5. The van der Waals surface area contributed by atoms with Crippen molar-refractivity contribution in [2.75, 3.05) is 0 Å². The average Bonchev–Trinajstić information content (AvgIpc) is 1.36. The van der Waals surface area contributed by atoms with Gasteiger partial charge in [0.2, 0.25) is 0 Å². The summed E-state index contributed by atoms with van der Waals surface area (Å²) in [4.78, 5) is 0. The summed E-state index contributed by atoms with van der Waals surface area (Å²) in [5.41, 5.74) is 0. The zero-order valence-corrected chi connectivity index (χ0v) is 7.89. The third-order valence-corrected chi connectivity index (χ3v) is 0. The molecule has 0 saturated heterocycles. The molecular weight excluding hydrogens is 194 g/mol. The van der Waals surface area contributed by atoms with Crippen molar-refractivity contribution in [2.24, 2.45) is 0 Å². The van der Waals surface area contributed by atoms with Gasteiger partial charge in [0.1, 0.15) is 0 Å². The molecule has 0 aromatic carbocycles. The molecule has 0 aliphatic rings. The molecule has 0 rings (SSSR count). The van der Waals surface area contributed by atoms with Crippen LogP contribution in [-0.4, -0.2) is 69.5 Å². The Morgan fingerprint density at radius 1 is 1.50 bits per heavy atom. The van der Waals surface area contributed by atoms with E-state index in [4.69, 9.17) is 21.2 Å². The molecular formula is H3ClNa2O3S2. The first-order valence-electron chi connectivity index (χ1n) is 1.08. The molecule has 0 unspecified atom stereocenters. The Morgan fingerprint density at radius 2 is 1.50 bits per heavy atom. The van der Waals surface area contributed by atoms with E-state index in [9.17, 15) is 0 Å². The Balaban J connectivity index is -0.0000000750. The molecule has 0 amide bonds. The third-order valence-electron chi connectivity index (χ3n) is 0. The van der Waals surface area contributed by atoms with Crippen LogP contribution in [0, 0.1) is 0 Å². The summed E-state index contributed by atoms with van der Waals surface area (Å²) in [6, 6.07) is 0. The molecule has 0 spiro atoms. The SMILES string of the molecule is O=S(O)(O)=S.[NaH].[Na][Cl]. The van der Waals surface area contributed by atoms with Crippen LogP contribution in [0.4, 0.5) is 0 Å². The average molecular weight is 197 g/mol. The molecule has 0 aliphatic heterocycles. The first-order valence-corrected chi connectivity index (χ1v) is 6.50. The second-order valence-electron chi connectivity index (χ2n) is 0.448. The van der Waals surface area contributed by atoms with Crippen LogP contribution >= 0.6 is 7.91 Å². The Labute approximate surface area is 95.9 Å². The van der Waals surface area contributed by atoms with Gasteiger partial charge < -0.3 is 0 Å². The maximum atomic E-state index is 9.11.